The van der Waals surface area contributed by atoms with E-state index in [1.807, 2.05) is 12.1 Å². The van der Waals surface area contributed by atoms with Crippen LogP contribution in [0.1, 0.15) is 6.92 Å². The molecule has 7 nitrogen and oxygen atoms in total. The van der Waals surface area contributed by atoms with Crippen molar-refractivity contribution in [2.75, 3.05) is 85.1 Å². The predicted octanol–water partition coefficient (Wildman–Crippen LogP) is 1.98. The summed E-state index contributed by atoms with van der Waals surface area (Å²) in [5.41, 5.74) is 1.17. The van der Waals surface area contributed by atoms with Gasteiger partial charge in [0.1, 0.15) is 5.75 Å². The van der Waals surface area contributed by atoms with Crippen LogP contribution in [0.2, 0.25) is 0 Å². The predicted molar refractivity (Wildman–Crippen MR) is 128 cm³/mol. The number of halogens is 1. The van der Waals surface area contributed by atoms with Crippen molar-refractivity contribution in [1.82, 2.24) is 15.1 Å². The highest BCUT2D eigenvalue weighted by atomic mass is 127. The molecule has 0 saturated carbocycles. The number of piperazine rings is 1. The number of aliphatic imine (C=N–C) groups is 1. The van der Waals surface area contributed by atoms with Crippen molar-refractivity contribution in [3.8, 4) is 5.75 Å². The first-order chi connectivity index (χ1) is 13.2. The number of ether oxygens (including phenoxy) is 2. The van der Waals surface area contributed by atoms with Gasteiger partial charge in [-0.1, -0.05) is 12.1 Å². The standard InChI is InChI=1S/C20H35N5O2.HI/c1-5-21-20(22-10-11-23(2)16-17-26-3)25-14-12-24(13-15-25)18-8-6-7-9-19(18)27-4;/h6-9H,5,10-17H2,1-4H3,(H,21,22);1H. The van der Waals surface area contributed by atoms with E-state index in [-0.39, 0.29) is 24.0 Å². The second-order valence-corrected chi connectivity index (χ2v) is 6.68. The van der Waals surface area contributed by atoms with Crippen LogP contribution in [-0.4, -0.2) is 96.0 Å². The summed E-state index contributed by atoms with van der Waals surface area (Å²) in [5.74, 6) is 1.95. The van der Waals surface area contributed by atoms with Crippen molar-refractivity contribution in [1.29, 1.82) is 0 Å². The lowest BCUT2D eigenvalue weighted by Gasteiger charge is -2.38. The van der Waals surface area contributed by atoms with Crippen LogP contribution in [0.4, 0.5) is 5.69 Å². The number of para-hydroxylation sites is 2. The van der Waals surface area contributed by atoms with Crippen LogP contribution in [0, 0.1) is 0 Å². The van der Waals surface area contributed by atoms with Crippen molar-refractivity contribution >= 4 is 35.6 Å². The lowest BCUT2D eigenvalue weighted by atomic mass is 10.2. The fourth-order valence-corrected chi connectivity index (χ4v) is 3.16. The van der Waals surface area contributed by atoms with Crippen LogP contribution in [0.15, 0.2) is 29.3 Å². The lowest BCUT2D eigenvalue weighted by Crippen LogP contribution is -2.52. The maximum absolute atomic E-state index is 5.51. The molecular formula is C20H36IN5O2. The minimum absolute atomic E-state index is 0. The Labute approximate surface area is 187 Å². The summed E-state index contributed by atoms with van der Waals surface area (Å²) in [4.78, 5) is 11.8. The Morgan fingerprint density at radius 2 is 1.86 bits per heavy atom. The molecule has 0 amide bonds. The fraction of sp³-hybridized carbons (Fsp3) is 0.650. The molecule has 1 aromatic rings. The molecule has 8 heteroatoms. The normalized spacial score (nSPS) is 14.8. The zero-order valence-electron chi connectivity index (χ0n) is 17.7. The Balaban J connectivity index is 0.00000392. The third-order valence-electron chi connectivity index (χ3n) is 4.76. The van der Waals surface area contributed by atoms with Gasteiger partial charge in [0.2, 0.25) is 0 Å². The molecule has 160 valence electrons. The highest BCUT2D eigenvalue weighted by Gasteiger charge is 2.21. The van der Waals surface area contributed by atoms with Gasteiger partial charge < -0.3 is 29.5 Å². The second-order valence-electron chi connectivity index (χ2n) is 6.68. The minimum Gasteiger partial charge on any atom is -0.495 e. The van der Waals surface area contributed by atoms with E-state index < -0.39 is 0 Å². The number of anilines is 1. The molecule has 1 saturated heterocycles. The summed E-state index contributed by atoms with van der Waals surface area (Å²) in [6.45, 7) is 10.2. The molecule has 1 aliphatic rings. The van der Waals surface area contributed by atoms with Crippen LogP contribution in [0.3, 0.4) is 0 Å². The number of benzene rings is 1. The molecule has 0 aromatic heterocycles. The third kappa shape index (κ3) is 7.63. The zero-order chi connectivity index (χ0) is 19.5. The number of nitrogens with zero attached hydrogens (tertiary/aromatic N) is 4. The van der Waals surface area contributed by atoms with Gasteiger partial charge in [-0.15, -0.1) is 24.0 Å². The van der Waals surface area contributed by atoms with Crippen molar-refractivity contribution in [2.24, 2.45) is 4.99 Å². The highest BCUT2D eigenvalue weighted by molar-refractivity contribution is 14.0. The van der Waals surface area contributed by atoms with Crippen LogP contribution < -0.4 is 15.0 Å². The van der Waals surface area contributed by atoms with E-state index >= 15 is 0 Å². The van der Waals surface area contributed by atoms with Gasteiger partial charge in [-0.05, 0) is 26.1 Å². The first-order valence-corrected chi connectivity index (χ1v) is 9.78. The third-order valence-corrected chi connectivity index (χ3v) is 4.76. The summed E-state index contributed by atoms with van der Waals surface area (Å²) in [6, 6.07) is 8.23. The molecule has 0 spiro atoms. The van der Waals surface area contributed by atoms with Crippen LogP contribution in [-0.2, 0) is 4.74 Å². The summed E-state index contributed by atoms with van der Waals surface area (Å²) in [6.07, 6.45) is 0. The molecule has 1 heterocycles. The smallest absolute Gasteiger partial charge is 0.194 e. The molecule has 0 bridgehead atoms. The molecule has 0 radical (unpaired) electrons. The molecule has 2 rings (SSSR count). The van der Waals surface area contributed by atoms with E-state index in [0.29, 0.717) is 0 Å². The van der Waals surface area contributed by atoms with E-state index in [2.05, 4.69) is 46.1 Å². The SMILES string of the molecule is CCNC(=NCCN(C)CCOC)N1CCN(c2ccccc2OC)CC1.I. The van der Waals surface area contributed by atoms with Crippen molar-refractivity contribution < 1.29 is 9.47 Å². The van der Waals surface area contributed by atoms with Crippen LogP contribution in [0.5, 0.6) is 5.75 Å². The minimum atomic E-state index is 0. The number of likely N-dealkylation sites (N-methyl/N-ethyl adjacent to an activating group) is 1. The summed E-state index contributed by atoms with van der Waals surface area (Å²) < 4.78 is 10.6. The number of hydrogen-bond donors (Lipinski definition) is 1. The number of nitrogens with one attached hydrogen (secondary N) is 1. The van der Waals surface area contributed by atoms with Gasteiger partial charge in [-0.3, -0.25) is 4.99 Å². The van der Waals surface area contributed by atoms with E-state index in [0.717, 1.165) is 70.7 Å². The monoisotopic (exact) mass is 505 g/mol. The molecule has 1 N–H and O–H groups in total. The Hall–Kier alpha value is -1.26. The molecule has 1 aliphatic heterocycles. The Bertz CT molecular complexity index is 579. The average Bonchev–Trinajstić information content (AvgIpc) is 2.71. The van der Waals surface area contributed by atoms with Gasteiger partial charge in [-0.2, -0.15) is 0 Å². The second kappa shape index (κ2) is 13.8. The first-order valence-electron chi connectivity index (χ1n) is 9.78. The molecular weight excluding hydrogens is 469 g/mol. The largest absolute Gasteiger partial charge is 0.495 e. The molecule has 0 unspecified atom stereocenters. The van der Waals surface area contributed by atoms with Gasteiger partial charge in [0.15, 0.2) is 5.96 Å². The van der Waals surface area contributed by atoms with E-state index in [4.69, 9.17) is 14.5 Å². The first kappa shape index (κ1) is 24.8. The van der Waals surface area contributed by atoms with Crippen LogP contribution >= 0.6 is 24.0 Å². The summed E-state index contributed by atoms with van der Waals surface area (Å²) >= 11 is 0. The van der Waals surface area contributed by atoms with Crippen molar-refractivity contribution in [2.45, 2.75) is 6.92 Å². The average molecular weight is 505 g/mol. The van der Waals surface area contributed by atoms with Crippen molar-refractivity contribution in [3.05, 3.63) is 24.3 Å². The maximum Gasteiger partial charge on any atom is 0.194 e. The van der Waals surface area contributed by atoms with Gasteiger partial charge in [-0.25, -0.2) is 0 Å². The Kier molecular flexibility index (Phi) is 12.2. The van der Waals surface area contributed by atoms with E-state index in [9.17, 15) is 0 Å². The molecule has 0 aliphatic carbocycles. The number of guanidine groups is 1. The quantitative estimate of drug-likeness (QED) is 0.315. The maximum atomic E-state index is 5.51. The summed E-state index contributed by atoms with van der Waals surface area (Å²) in [5, 5.41) is 3.44. The van der Waals surface area contributed by atoms with Crippen molar-refractivity contribution in [3.63, 3.8) is 0 Å². The van der Waals surface area contributed by atoms with Gasteiger partial charge in [0, 0.05) is 52.9 Å². The Morgan fingerprint density at radius 1 is 1.14 bits per heavy atom. The fourth-order valence-electron chi connectivity index (χ4n) is 3.16. The van der Waals surface area contributed by atoms with Gasteiger partial charge in [0.05, 0.1) is 25.9 Å². The van der Waals surface area contributed by atoms with Gasteiger partial charge >= 0.3 is 0 Å². The molecule has 1 fully saturated rings. The number of hydrogen-bond acceptors (Lipinski definition) is 5. The zero-order valence-corrected chi connectivity index (χ0v) is 20.0. The highest BCUT2D eigenvalue weighted by Crippen LogP contribution is 2.28. The van der Waals surface area contributed by atoms with E-state index in [1.165, 1.54) is 5.69 Å². The number of rotatable bonds is 9. The Morgan fingerprint density at radius 3 is 2.50 bits per heavy atom. The summed E-state index contributed by atoms with van der Waals surface area (Å²) in [7, 11) is 5.57. The van der Waals surface area contributed by atoms with Crippen LogP contribution in [0.25, 0.3) is 0 Å². The van der Waals surface area contributed by atoms with Gasteiger partial charge in [0.25, 0.3) is 0 Å². The molecule has 1 aromatic carbocycles. The number of methoxy groups -OCH3 is 2. The molecule has 28 heavy (non-hydrogen) atoms. The van der Waals surface area contributed by atoms with E-state index in [1.54, 1.807) is 14.2 Å². The topological polar surface area (TPSA) is 52.6 Å². The molecule has 0 atom stereocenters. The lowest BCUT2D eigenvalue weighted by molar-refractivity contribution is 0.163.